The summed E-state index contributed by atoms with van der Waals surface area (Å²) in [7, 11) is 0. The van der Waals surface area contributed by atoms with E-state index >= 15 is 0 Å². The van der Waals surface area contributed by atoms with E-state index in [1.165, 1.54) is 12.1 Å². The summed E-state index contributed by atoms with van der Waals surface area (Å²) >= 11 is 0. The Morgan fingerprint density at radius 1 is 0.545 bits per heavy atom. The van der Waals surface area contributed by atoms with Crippen molar-refractivity contribution in [2.45, 2.75) is 0 Å². The number of nitro benzene ring substituents is 4. The summed E-state index contributed by atoms with van der Waals surface area (Å²) in [5, 5.41) is 43.5. The third kappa shape index (κ3) is 2.04. The van der Waals surface area contributed by atoms with Crippen LogP contribution in [0.3, 0.4) is 0 Å². The van der Waals surface area contributed by atoms with E-state index in [2.05, 4.69) is 0 Å². The molecule has 0 saturated heterocycles. The third-order valence-corrected chi connectivity index (χ3v) is 2.84. The molecule has 0 aromatic heterocycles. The third-order valence-electron chi connectivity index (χ3n) is 2.84. The van der Waals surface area contributed by atoms with Crippen LogP contribution in [0.2, 0.25) is 0 Å². The number of hydrogen-bond donors (Lipinski definition) is 0. The zero-order valence-electron chi connectivity index (χ0n) is 10.4. The van der Waals surface area contributed by atoms with Crippen molar-refractivity contribution in [3.05, 3.63) is 64.7 Å². The maximum Gasteiger partial charge on any atom is 0.430 e. The minimum atomic E-state index is -1.51. The van der Waals surface area contributed by atoms with Gasteiger partial charge in [0.15, 0.2) is 0 Å². The average molecular weight is 308 g/mol. The molecule has 0 heterocycles. The van der Waals surface area contributed by atoms with Gasteiger partial charge in [-0.2, -0.15) is 0 Å². The van der Waals surface area contributed by atoms with Crippen molar-refractivity contribution in [3.63, 3.8) is 0 Å². The second-order valence-electron chi connectivity index (χ2n) is 3.97. The normalized spacial score (nSPS) is 10.4. The molecule has 0 unspecified atom stereocenters. The van der Waals surface area contributed by atoms with E-state index in [1.54, 1.807) is 0 Å². The van der Waals surface area contributed by atoms with Gasteiger partial charge in [0.05, 0.1) is 30.5 Å². The van der Waals surface area contributed by atoms with Crippen molar-refractivity contribution in [2.24, 2.45) is 0 Å². The zero-order chi connectivity index (χ0) is 16.6. The Hall–Kier alpha value is -3.70. The first kappa shape index (κ1) is 14.7. The predicted octanol–water partition coefficient (Wildman–Crippen LogP) is 2.47. The number of fused-ring (bicyclic) bond motifs is 1. The van der Waals surface area contributed by atoms with E-state index in [9.17, 15) is 40.5 Å². The van der Waals surface area contributed by atoms with Gasteiger partial charge in [-0.25, -0.2) is 0 Å². The van der Waals surface area contributed by atoms with Crippen molar-refractivity contribution in [3.8, 4) is 0 Å². The van der Waals surface area contributed by atoms with Gasteiger partial charge in [-0.3, -0.25) is 40.5 Å². The molecule has 0 N–H and O–H groups in total. The first-order valence-corrected chi connectivity index (χ1v) is 5.43. The Labute approximate surface area is 119 Å². The topological polar surface area (TPSA) is 173 Å². The second-order valence-corrected chi connectivity index (χ2v) is 3.97. The molecule has 112 valence electrons. The van der Waals surface area contributed by atoms with Crippen molar-refractivity contribution >= 4 is 33.5 Å². The number of rotatable bonds is 4. The lowest BCUT2D eigenvalue weighted by molar-refractivity contribution is -0.450. The molecule has 0 spiro atoms. The molecule has 0 bridgehead atoms. The van der Waals surface area contributed by atoms with Crippen LogP contribution in [0.4, 0.5) is 22.7 Å². The summed E-state index contributed by atoms with van der Waals surface area (Å²) < 4.78 is 0. The van der Waals surface area contributed by atoms with E-state index in [4.69, 9.17) is 0 Å². The van der Waals surface area contributed by atoms with Gasteiger partial charge in [0.1, 0.15) is 0 Å². The van der Waals surface area contributed by atoms with Gasteiger partial charge < -0.3 is 0 Å². The molecule has 0 aliphatic rings. The second kappa shape index (κ2) is 5.01. The lowest BCUT2D eigenvalue weighted by atomic mass is 10.0. The van der Waals surface area contributed by atoms with Crippen LogP contribution in [-0.2, 0) is 0 Å². The Morgan fingerprint density at radius 2 is 0.818 bits per heavy atom. The van der Waals surface area contributed by atoms with Crippen LogP contribution in [0.25, 0.3) is 10.8 Å². The van der Waals surface area contributed by atoms with E-state index in [1.807, 2.05) is 0 Å². The summed E-state index contributed by atoms with van der Waals surface area (Å²) in [6.07, 6.45) is 0. The molecular weight excluding hydrogens is 304 g/mol. The van der Waals surface area contributed by atoms with Gasteiger partial charge in [0.25, 0.3) is 0 Å². The summed E-state index contributed by atoms with van der Waals surface area (Å²) in [6.45, 7) is 0. The van der Waals surface area contributed by atoms with Crippen molar-refractivity contribution in [1.29, 1.82) is 0 Å². The highest BCUT2D eigenvalue weighted by Gasteiger charge is 2.46. The molecule has 22 heavy (non-hydrogen) atoms. The maximum atomic E-state index is 11.1. The van der Waals surface area contributed by atoms with Gasteiger partial charge in [-0.05, 0) is 12.1 Å². The minimum Gasteiger partial charge on any atom is -0.258 e. The lowest BCUT2D eigenvalue weighted by Crippen LogP contribution is -2.06. The number of hydrogen-bond acceptors (Lipinski definition) is 8. The number of benzene rings is 2. The predicted molar refractivity (Wildman–Crippen MR) is 70.6 cm³/mol. The molecule has 2 rings (SSSR count). The summed E-state index contributed by atoms with van der Waals surface area (Å²) in [4.78, 5) is 39.2. The molecule has 0 atom stereocenters. The maximum absolute atomic E-state index is 11.1. The number of nitrogens with zero attached hydrogens (tertiary/aromatic N) is 4. The van der Waals surface area contributed by atoms with Crippen LogP contribution in [-0.4, -0.2) is 19.7 Å². The minimum absolute atomic E-state index is 0.420. The Bertz CT molecular complexity index is 791. The Morgan fingerprint density at radius 3 is 1.05 bits per heavy atom. The van der Waals surface area contributed by atoms with E-state index in [0.717, 1.165) is 12.1 Å². The molecule has 0 saturated carbocycles. The number of nitro groups is 4. The molecule has 0 amide bonds. The van der Waals surface area contributed by atoms with Crippen LogP contribution in [0.1, 0.15) is 0 Å². The SMILES string of the molecule is O=[N+]([O-])c1c([N+](=O)[O-])c([N+](=O)[O-])c2ccccc2c1[N+](=O)[O-]. The summed E-state index contributed by atoms with van der Waals surface area (Å²) in [5.74, 6) is 0. The molecule has 0 aliphatic carbocycles. The van der Waals surface area contributed by atoms with E-state index in [-0.39, 0.29) is 0 Å². The zero-order valence-corrected chi connectivity index (χ0v) is 10.4. The van der Waals surface area contributed by atoms with Crippen LogP contribution in [0.5, 0.6) is 0 Å². The molecule has 0 aliphatic heterocycles. The fourth-order valence-electron chi connectivity index (χ4n) is 2.09. The monoisotopic (exact) mass is 308 g/mol. The summed E-state index contributed by atoms with van der Waals surface area (Å²) in [5.41, 5.74) is -5.34. The first-order chi connectivity index (χ1) is 10.3. The first-order valence-electron chi connectivity index (χ1n) is 5.43. The van der Waals surface area contributed by atoms with Crippen LogP contribution in [0.15, 0.2) is 24.3 Å². The summed E-state index contributed by atoms with van der Waals surface area (Å²) in [6, 6.07) is 4.65. The Balaban J connectivity index is 3.25. The van der Waals surface area contributed by atoms with Crippen molar-refractivity contribution in [1.82, 2.24) is 0 Å². The van der Waals surface area contributed by atoms with Crippen LogP contribution in [0, 0.1) is 40.5 Å². The molecule has 12 heteroatoms. The van der Waals surface area contributed by atoms with Gasteiger partial charge in [-0.1, -0.05) is 12.1 Å². The average Bonchev–Trinajstić information content (AvgIpc) is 2.43. The van der Waals surface area contributed by atoms with Crippen molar-refractivity contribution in [2.75, 3.05) is 0 Å². The van der Waals surface area contributed by atoms with E-state index < -0.39 is 53.2 Å². The fraction of sp³-hybridized carbons (Fsp3) is 0. The standard InChI is InChI=1S/C10H4N4O8/c15-11(16)7-5-3-1-2-4-6(5)8(12(17)18)10(14(21)22)9(7)13(19)20/h1-4H. The van der Waals surface area contributed by atoms with Gasteiger partial charge in [0.2, 0.25) is 0 Å². The fourth-order valence-corrected chi connectivity index (χ4v) is 2.09. The largest absolute Gasteiger partial charge is 0.430 e. The molecule has 0 fully saturated rings. The smallest absolute Gasteiger partial charge is 0.258 e. The molecular formula is C10H4N4O8. The highest BCUT2D eigenvalue weighted by Crippen LogP contribution is 2.49. The molecule has 12 nitrogen and oxygen atoms in total. The Kier molecular flexibility index (Phi) is 3.35. The van der Waals surface area contributed by atoms with Crippen LogP contribution < -0.4 is 0 Å². The quantitative estimate of drug-likeness (QED) is 0.611. The molecule has 0 radical (unpaired) electrons. The highest BCUT2D eigenvalue weighted by molar-refractivity contribution is 6.06. The van der Waals surface area contributed by atoms with Crippen LogP contribution >= 0.6 is 0 Å². The highest BCUT2D eigenvalue weighted by atomic mass is 16.7. The van der Waals surface area contributed by atoms with Gasteiger partial charge in [0, 0.05) is 0 Å². The van der Waals surface area contributed by atoms with E-state index in [0.29, 0.717) is 0 Å². The lowest BCUT2D eigenvalue weighted by Gasteiger charge is -2.03. The molecule has 2 aromatic rings. The van der Waals surface area contributed by atoms with Gasteiger partial charge in [-0.15, -0.1) is 0 Å². The van der Waals surface area contributed by atoms with Gasteiger partial charge >= 0.3 is 22.7 Å². The molecule has 2 aromatic carbocycles. The van der Waals surface area contributed by atoms with Crippen molar-refractivity contribution < 1.29 is 19.7 Å².